The Labute approximate surface area is 142 Å². The molecule has 2 heterocycles. The maximum Gasteiger partial charge on any atom is 0.410 e. The van der Waals surface area contributed by atoms with Crippen molar-refractivity contribution in [2.24, 2.45) is 0 Å². The molecular formula is C16H24ClN3O3. The second-order valence-electron chi connectivity index (χ2n) is 6.66. The molecule has 1 aliphatic heterocycles. The van der Waals surface area contributed by atoms with E-state index in [2.05, 4.69) is 16.8 Å². The predicted molar refractivity (Wildman–Crippen MR) is 90.1 cm³/mol. The number of hydrogen-bond donors (Lipinski definition) is 1. The molecule has 128 valence electrons. The molecule has 2 rings (SSSR count). The number of carbonyl (C=O) groups excluding carboxylic acids is 1. The van der Waals surface area contributed by atoms with E-state index in [1.54, 1.807) is 17.0 Å². The highest BCUT2D eigenvalue weighted by atomic mass is 35.5. The van der Waals surface area contributed by atoms with E-state index in [0.29, 0.717) is 25.3 Å². The van der Waals surface area contributed by atoms with Gasteiger partial charge in [0.15, 0.2) is 0 Å². The number of nitrogens with zero attached hydrogens (tertiary/aromatic N) is 3. The van der Waals surface area contributed by atoms with Crippen LogP contribution in [-0.4, -0.2) is 52.4 Å². The minimum absolute atomic E-state index is 0.0818. The van der Waals surface area contributed by atoms with Gasteiger partial charge in [0.05, 0.1) is 0 Å². The number of hydrogen-bond acceptors (Lipinski definition) is 5. The number of halogens is 1. The number of aromatic hydroxyl groups is 1. The summed E-state index contributed by atoms with van der Waals surface area (Å²) in [5.74, 6) is -0.0818. The average molecular weight is 342 g/mol. The van der Waals surface area contributed by atoms with Crippen molar-refractivity contribution >= 4 is 23.4 Å². The topological polar surface area (TPSA) is 65.9 Å². The summed E-state index contributed by atoms with van der Waals surface area (Å²) >= 11 is 5.79. The van der Waals surface area contributed by atoms with Crippen LogP contribution in [0.25, 0.3) is 0 Å². The molecule has 1 amide bonds. The summed E-state index contributed by atoms with van der Waals surface area (Å²) in [6.07, 6.45) is 0.538. The van der Waals surface area contributed by atoms with Gasteiger partial charge in [0, 0.05) is 25.7 Å². The van der Waals surface area contributed by atoms with Crippen LogP contribution in [0.5, 0.6) is 5.88 Å². The van der Waals surface area contributed by atoms with Crippen LogP contribution in [0.1, 0.15) is 34.1 Å². The van der Waals surface area contributed by atoms with Gasteiger partial charge in [-0.3, -0.25) is 0 Å². The van der Waals surface area contributed by atoms with Gasteiger partial charge in [-0.25, -0.2) is 4.79 Å². The lowest BCUT2D eigenvalue weighted by Gasteiger charge is -2.42. The number of piperazine rings is 1. The first kappa shape index (κ1) is 17.7. The fraction of sp³-hybridized carbons (Fsp3) is 0.625. The lowest BCUT2D eigenvalue weighted by atomic mass is 10.1. The Hall–Kier alpha value is -1.69. The van der Waals surface area contributed by atoms with Crippen molar-refractivity contribution in [3.05, 3.63) is 17.3 Å². The van der Waals surface area contributed by atoms with E-state index in [1.165, 1.54) is 0 Å². The summed E-state index contributed by atoms with van der Waals surface area (Å²) in [7, 11) is 0. The molecule has 1 aromatic heterocycles. The fourth-order valence-corrected chi connectivity index (χ4v) is 2.80. The van der Waals surface area contributed by atoms with Crippen molar-refractivity contribution in [1.82, 2.24) is 9.88 Å². The Bertz CT molecular complexity index is 574. The number of pyridine rings is 1. The Morgan fingerprint density at radius 2 is 2.13 bits per heavy atom. The smallest absolute Gasteiger partial charge is 0.410 e. The fourth-order valence-electron chi connectivity index (χ4n) is 2.66. The van der Waals surface area contributed by atoms with Crippen LogP contribution < -0.4 is 4.90 Å². The van der Waals surface area contributed by atoms with Gasteiger partial charge in [-0.1, -0.05) is 18.5 Å². The van der Waals surface area contributed by atoms with Crippen LogP contribution in [0.2, 0.25) is 5.15 Å². The summed E-state index contributed by atoms with van der Waals surface area (Å²) < 4.78 is 5.44. The first-order chi connectivity index (χ1) is 10.7. The molecule has 1 aliphatic rings. The Morgan fingerprint density at radius 3 is 2.70 bits per heavy atom. The van der Waals surface area contributed by atoms with Crippen molar-refractivity contribution in [1.29, 1.82) is 0 Å². The molecule has 1 saturated heterocycles. The van der Waals surface area contributed by atoms with E-state index in [1.807, 2.05) is 20.8 Å². The van der Waals surface area contributed by atoms with Gasteiger partial charge in [0.25, 0.3) is 0 Å². The largest absolute Gasteiger partial charge is 0.492 e. The van der Waals surface area contributed by atoms with Gasteiger partial charge >= 0.3 is 6.09 Å². The van der Waals surface area contributed by atoms with E-state index < -0.39 is 5.60 Å². The molecule has 0 radical (unpaired) electrons. The molecule has 0 spiro atoms. The Morgan fingerprint density at radius 1 is 1.43 bits per heavy atom. The van der Waals surface area contributed by atoms with E-state index in [-0.39, 0.29) is 23.2 Å². The monoisotopic (exact) mass is 341 g/mol. The number of anilines is 1. The molecule has 7 heteroatoms. The van der Waals surface area contributed by atoms with Gasteiger partial charge in [0.2, 0.25) is 5.88 Å². The van der Waals surface area contributed by atoms with Gasteiger partial charge in [-0.15, -0.1) is 0 Å². The molecule has 1 fully saturated rings. The Kier molecular flexibility index (Phi) is 5.24. The minimum Gasteiger partial charge on any atom is -0.492 e. The second-order valence-corrected chi connectivity index (χ2v) is 7.05. The van der Waals surface area contributed by atoms with Crippen LogP contribution in [0, 0.1) is 0 Å². The molecule has 0 unspecified atom stereocenters. The van der Waals surface area contributed by atoms with Crippen molar-refractivity contribution in [3.63, 3.8) is 0 Å². The van der Waals surface area contributed by atoms with E-state index in [0.717, 1.165) is 6.42 Å². The molecule has 1 N–H and O–H groups in total. The lowest BCUT2D eigenvalue weighted by Crippen LogP contribution is -2.55. The molecule has 1 atom stereocenters. The van der Waals surface area contributed by atoms with Crippen molar-refractivity contribution < 1.29 is 14.6 Å². The number of rotatable bonds is 2. The molecule has 1 aromatic rings. The average Bonchev–Trinajstić information content (AvgIpc) is 2.45. The molecule has 6 nitrogen and oxygen atoms in total. The van der Waals surface area contributed by atoms with Crippen LogP contribution in [0.3, 0.4) is 0 Å². The summed E-state index contributed by atoms with van der Waals surface area (Å²) in [4.78, 5) is 19.9. The molecule has 0 bridgehead atoms. The zero-order valence-electron chi connectivity index (χ0n) is 14.0. The summed E-state index contributed by atoms with van der Waals surface area (Å²) in [5.41, 5.74) is 0.138. The van der Waals surface area contributed by atoms with Gasteiger partial charge < -0.3 is 19.6 Å². The zero-order valence-corrected chi connectivity index (χ0v) is 14.8. The van der Waals surface area contributed by atoms with Crippen molar-refractivity contribution in [3.8, 4) is 5.88 Å². The normalized spacial score (nSPS) is 18.9. The first-order valence-electron chi connectivity index (χ1n) is 7.81. The molecule has 0 aromatic carbocycles. The number of carbonyl (C=O) groups is 1. The highest BCUT2D eigenvalue weighted by Crippen LogP contribution is 2.31. The van der Waals surface area contributed by atoms with E-state index in [9.17, 15) is 9.90 Å². The van der Waals surface area contributed by atoms with E-state index in [4.69, 9.17) is 16.3 Å². The molecule has 23 heavy (non-hydrogen) atoms. The van der Waals surface area contributed by atoms with Crippen molar-refractivity contribution in [2.75, 3.05) is 24.5 Å². The Balaban J connectivity index is 2.11. The van der Waals surface area contributed by atoms with Crippen LogP contribution in [0.4, 0.5) is 10.5 Å². The SMILES string of the molecule is CC[C@@H]1CN(C(=O)OC(C)(C)C)CCN1c1ccc(Cl)nc1O. The third-order valence-corrected chi connectivity index (χ3v) is 3.95. The van der Waals surface area contributed by atoms with Gasteiger partial charge in [-0.05, 0) is 39.3 Å². The van der Waals surface area contributed by atoms with Crippen LogP contribution in [0.15, 0.2) is 12.1 Å². The quantitative estimate of drug-likeness (QED) is 0.836. The van der Waals surface area contributed by atoms with E-state index >= 15 is 0 Å². The first-order valence-corrected chi connectivity index (χ1v) is 8.19. The number of ether oxygens (including phenoxy) is 1. The standard InChI is InChI=1S/C16H24ClN3O3/c1-5-11-10-19(15(22)23-16(2,3)4)8-9-20(11)12-6-7-13(17)18-14(12)21/h6-7,11H,5,8-10H2,1-4H3,(H,18,21)/t11-/m1/s1. The third kappa shape index (κ3) is 4.41. The number of amides is 1. The number of aromatic nitrogens is 1. The maximum atomic E-state index is 12.2. The molecule has 0 saturated carbocycles. The van der Waals surface area contributed by atoms with Crippen LogP contribution >= 0.6 is 11.6 Å². The predicted octanol–water partition coefficient (Wildman–Crippen LogP) is 3.28. The van der Waals surface area contributed by atoms with Gasteiger partial charge in [0.1, 0.15) is 16.4 Å². The van der Waals surface area contributed by atoms with Gasteiger partial charge in [-0.2, -0.15) is 4.98 Å². The maximum absolute atomic E-state index is 12.2. The summed E-state index contributed by atoms with van der Waals surface area (Å²) in [5, 5.41) is 10.3. The third-order valence-electron chi connectivity index (χ3n) is 3.74. The second kappa shape index (κ2) is 6.83. The molecular weight excluding hydrogens is 318 g/mol. The summed E-state index contributed by atoms with van der Waals surface area (Å²) in [6.45, 7) is 9.31. The highest BCUT2D eigenvalue weighted by Gasteiger charge is 2.32. The molecule has 0 aliphatic carbocycles. The lowest BCUT2D eigenvalue weighted by molar-refractivity contribution is 0.0213. The minimum atomic E-state index is -0.506. The van der Waals surface area contributed by atoms with Crippen LogP contribution in [-0.2, 0) is 4.74 Å². The van der Waals surface area contributed by atoms with Crippen molar-refractivity contribution in [2.45, 2.75) is 45.8 Å². The summed E-state index contributed by atoms with van der Waals surface area (Å²) in [6, 6.07) is 3.50. The zero-order chi connectivity index (χ0) is 17.2. The highest BCUT2D eigenvalue weighted by molar-refractivity contribution is 6.29.